The second-order valence-corrected chi connectivity index (χ2v) is 4.82. The van der Waals surface area contributed by atoms with Gasteiger partial charge in [-0.15, -0.1) is 0 Å². The number of hydrogen-bond donors (Lipinski definition) is 1. The molecule has 1 aliphatic rings. The van der Waals surface area contributed by atoms with E-state index in [4.69, 9.17) is 5.73 Å². The Morgan fingerprint density at radius 3 is 2.76 bits per heavy atom. The standard InChI is InChI=1S/C16H14FN3O/c17-12-5-3-4-11(10-12)16(21)20-9-8-15(19-20)13-6-1-2-7-14(13)18/h1-7,10H,8-9,18H2. The number of hydrogen-bond acceptors (Lipinski definition) is 3. The first-order chi connectivity index (χ1) is 10.1. The molecule has 0 radical (unpaired) electrons. The van der Waals surface area contributed by atoms with E-state index in [9.17, 15) is 9.18 Å². The smallest absolute Gasteiger partial charge is 0.274 e. The molecule has 2 aromatic rings. The lowest BCUT2D eigenvalue weighted by molar-refractivity contribution is 0.0778. The van der Waals surface area contributed by atoms with E-state index < -0.39 is 5.82 Å². The summed E-state index contributed by atoms with van der Waals surface area (Å²) in [6, 6.07) is 13.0. The summed E-state index contributed by atoms with van der Waals surface area (Å²) in [7, 11) is 0. The topological polar surface area (TPSA) is 58.7 Å². The minimum atomic E-state index is -0.434. The number of para-hydroxylation sites is 1. The number of carbonyl (C=O) groups is 1. The van der Waals surface area contributed by atoms with E-state index >= 15 is 0 Å². The normalized spacial score (nSPS) is 14.1. The van der Waals surface area contributed by atoms with Gasteiger partial charge in [0.1, 0.15) is 5.82 Å². The number of rotatable bonds is 2. The number of nitrogens with zero attached hydrogens (tertiary/aromatic N) is 2. The number of amides is 1. The predicted molar refractivity (Wildman–Crippen MR) is 79.4 cm³/mol. The number of nitrogens with two attached hydrogens (primary N) is 1. The highest BCUT2D eigenvalue weighted by molar-refractivity contribution is 6.07. The average molecular weight is 283 g/mol. The molecular formula is C16H14FN3O. The van der Waals surface area contributed by atoms with Crippen LogP contribution in [0.3, 0.4) is 0 Å². The lowest BCUT2D eigenvalue weighted by Gasteiger charge is -2.11. The monoisotopic (exact) mass is 283 g/mol. The third kappa shape index (κ3) is 2.63. The van der Waals surface area contributed by atoms with Crippen molar-refractivity contribution in [2.75, 3.05) is 12.3 Å². The van der Waals surface area contributed by atoms with E-state index in [0.29, 0.717) is 24.2 Å². The number of benzene rings is 2. The van der Waals surface area contributed by atoms with Gasteiger partial charge in [0.15, 0.2) is 0 Å². The maximum atomic E-state index is 13.2. The van der Waals surface area contributed by atoms with E-state index in [-0.39, 0.29) is 5.91 Å². The molecule has 0 aromatic heterocycles. The van der Waals surface area contributed by atoms with Crippen molar-refractivity contribution < 1.29 is 9.18 Å². The predicted octanol–water partition coefficient (Wildman–Crippen LogP) is 2.66. The molecule has 1 amide bonds. The zero-order chi connectivity index (χ0) is 14.8. The van der Waals surface area contributed by atoms with Gasteiger partial charge >= 0.3 is 0 Å². The van der Waals surface area contributed by atoms with Gasteiger partial charge in [-0.3, -0.25) is 4.79 Å². The quantitative estimate of drug-likeness (QED) is 0.861. The summed E-state index contributed by atoms with van der Waals surface area (Å²) >= 11 is 0. The van der Waals surface area contributed by atoms with E-state index in [2.05, 4.69) is 5.10 Å². The Morgan fingerprint density at radius 1 is 1.19 bits per heavy atom. The third-order valence-corrected chi connectivity index (χ3v) is 3.38. The second-order valence-electron chi connectivity index (χ2n) is 4.82. The van der Waals surface area contributed by atoms with E-state index in [1.807, 2.05) is 18.2 Å². The fourth-order valence-corrected chi connectivity index (χ4v) is 2.32. The first-order valence-electron chi connectivity index (χ1n) is 6.65. The van der Waals surface area contributed by atoms with Gasteiger partial charge in [-0.1, -0.05) is 24.3 Å². The molecule has 1 aliphatic heterocycles. The van der Waals surface area contributed by atoms with Crippen molar-refractivity contribution in [2.45, 2.75) is 6.42 Å². The Kier molecular flexibility index (Phi) is 3.39. The van der Waals surface area contributed by atoms with Crippen molar-refractivity contribution in [3.05, 3.63) is 65.5 Å². The van der Waals surface area contributed by atoms with Gasteiger partial charge in [0.2, 0.25) is 0 Å². The number of nitrogen functional groups attached to an aromatic ring is 1. The molecule has 0 saturated heterocycles. The van der Waals surface area contributed by atoms with Gasteiger partial charge < -0.3 is 5.73 Å². The van der Waals surface area contributed by atoms with Gasteiger partial charge in [0, 0.05) is 23.2 Å². The molecule has 4 nitrogen and oxygen atoms in total. The maximum absolute atomic E-state index is 13.2. The SMILES string of the molecule is Nc1ccccc1C1=NN(C(=O)c2cccc(F)c2)CC1. The maximum Gasteiger partial charge on any atom is 0.274 e. The molecule has 0 bridgehead atoms. The molecule has 0 saturated carbocycles. The van der Waals surface area contributed by atoms with E-state index in [1.54, 1.807) is 12.1 Å². The Labute approximate surface area is 121 Å². The first-order valence-corrected chi connectivity index (χ1v) is 6.65. The Morgan fingerprint density at radius 2 is 2.00 bits per heavy atom. The molecule has 0 aliphatic carbocycles. The Balaban J connectivity index is 1.86. The van der Waals surface area contributed by atoms with Crippen LogP contribution in [0, 0.1) is 5.82 Å². The van der Waals surface area contributed by atoms with Crippen LogP contribution in [-0.4, -0.2) is 23.2 Å². The van der Waals surface area contributed by atoms with Gasteiger partial charge in [0.25, 0.3) is 5.91 Å². The second kappa shape index (κ2) is 5.36. The van der Waals surface area contributed by atoms with Gasteiger partial charge in [-0.2, -0.15) is 5.10 Å². The Bertz CT molecular complexity index is 727. The van der Waals surface area contributed by atoms with Crippen LogP contribution in [0.2, 0.25) is 0 Å². The fourth-order valence-electron chi connectivity index (χ4n) is 2.32. The van der Waals surface area contributed by atoms with E-state index in [0.717, 1.165) is 11.3 Å². The van der Waals surface area contributed by atoms with Crippen LogP contribution in [0.5, 0.6) is 0 Å². The molecule has 5 heteroatoms. The summed E-state index contributed by atoms with van der Waals surface area (Å²) in [5.41, 5.74) is 8.46. The molecule has 2 N–H and O–H groups in total. The van der Waals surface area contributed by atoms with Crippen molar-refractivity contribution in [1.82, 2.24) is 5.01 Å². The fraction of sp³-hybridized carbons (Fsp3) is 0.125. The average Bonchev–Trinajstić information content (AvgIpc) is 2.96. The largest absolute Gasteiger partial charge is 0.398 e. The molecule has 1 heterocycles. The molecule has 2 aromatic carbocycles. The number of hydrazone groups is 1. The summed E-state index contributed by atoms with van der Waals surface area (Å²) < 4.78 is 13.2. The zero-order valence-electron chi connectivity index (χ0n) is 11.3. The summed E-state index contributed by atoms with van der Waals surface area (Å²) in [6.07, 6.45) is 0.634. The summed E-state index contributed by atoms with van der Waals surface area (Å²) in [5, 5.41) is 5.68. The molecule has 21 heavy (non-hydrogen) atoms. The highest BCUT2D eigenvalue weighted by Gasteiger charge is 2.23. The van der Waals surface area contributed by atoms with Crippen LogP contribution in [0.1, 0.15) is 22.3 Å². The molecule has 106 valence electrons. The molecule has 0 unspecified atom stereocenters. The van der Waals surface area contributed by atoms with Crippen molar-refractivity contribution in [3.63, 3.8) is 0 Å². The van der Waals surface area contributed by atoms with Crippen molar-refractivity contribution in [1.29, 1.82) is 0 Å². The van der Waals surface area contributed by atoms with Gasteiger partial charge in [-0.25, -0.2) is 9.40 Å². The molecule has 0 fully saturated rings. The summed E-state index contributed by atoms with van der Waals surface area (Å²) in [6.45, 7) is 0.471. The van der Waals surface area contributed by atoms with E-state index in [1.165, 1.54) is 23.2 Å². The van der Waals surface area contributed by atoms with Crippen LogP contribution >= 0.6 is 0 Å². The minimum absolute atomic E-state index is 0.293. The minimum Gasteiger partial charge on any atom is -0.398 e. The van der Waals surface area contributed by atoms with Gasteiger partial charge in [-0.05, 0) is 24.3 Å². The van der Waals surface area contributed by atoms with Crippen LogP contribution in [0.25, 0.3) is 0 Å². The van der Waals surface area contributed by atoms with Crippen molar-refractivity contribution >= 4 is 17.3 Å². The van der Waals surface area contributed by atoms with Crippen molar-refractivity contribution in [2.24, 2.45) is 5.10 Å². The molecular weight excluding hydrogens is 269 g/mol. The Hall–Kier alpha value is -2.69. The summed E-state index contributed by atoms with van der Waals surface area (Å²) in [4.78, 5) is 12.3. The van der Waals surface area contributed by atoms with Crippen LogP contribution in [0.4, 0.5) is 10.1 Å². The first kappa shape index (κ1) is 13.3. The molecule has 3 rings (SSSR count). The van der Waals surface area contributed by atoms with Crippen molar-refractivity contribution in [3.8, 4) is 0 Å². The zero-order valence-corrected chi connectivity index (χ0v) is 11.3. The summed E-state index contributed by atoms with van der Waals surface area (Å²) in [5.74, 6) is -0.740. The third-order valence-electron chi connectivity index (χ3n) is 3.38. The molecule has 0 spiro atoms. The van der Waals surface area contributed by atoms with Gasteiger partial charge in [0.05, 0.1) is 12.3 Å². The molecule has 0 atom stereocenters. The highest BCUT2D eigenvalue weighted by atomic mass is 19.1. The highest BCUT2D eigenvalue weighted by Crippen LogP contribution is 2.20. The lowest BCUT2D eigenvalue weighted by Crippen LogP contribution is -2.23. The number of carbonyl (C=O) groups excluding carboxylic acids is 1. The van der Waals surface area contributed by atoms with Crippen LogP contribution in [-0.2, 0) is 0 Å². The number of anilines is 1. The van der Waals surface area contributed by atoms with Crippen LogP contribution < -0.4 is 5.73 Å². The lowest BCUT2D eigenvalue weighted by atomic mass is 10.1. The van der Waals surface area contributed by atoms with Crippen LogP contribution in [0.15, 0.2) is 53.6 Å². The number of halogens is 1.